The summed E-state index contributed by atoms with van der Waals surface area (Å²) in [5.41, 5.74) is 1.24. The third kappa shape index (κ3) is 7.27. The fourth-order valence-corrected chi connectivity index (χ4v) is 2.43. The number of halogens is 1. The smallest absolute Gasteiger partial charge is 0.133 e. The van der Waals surface area contributed by atoms with Gasteiger partial charge in [-0.1, -0.05) is 32.3 Å². The summed E-state index contributed by atoms with van der Waals surface area (Å²) in [6.07, 6.45) is 4.92. The van der Waals surface area contributed by atoms with Crippen LogP contribution in [-0.4, -0.2) is 26.9 Å². The minimum atomic E-state index is 0.736. The molecular weight excluding hydrogens is 318 g/mol. The number of ether oxygens (including phenoxy) is 2. The molecule has 20 heavy (non-hydrogen) atoms. The highest BCUT2D eigenvalue weighted by Gasteiger charge is 2.02. The fourth-order valence-electron chi connectivity index (χ4n) is 1.89. The summed E-state index contributed by atoms with van der Waals surface area (Å²) in [5.74, 6) is 0.933. The second kappa shape index (κ2) is 11.1. The fraction of sp³-hybridized carbons (Fsp3) is 0.625. The van der Waals surface area contributed by atoms with E-state index in [-0.39, 0.29) is 0 Å². The van der Waals surface area contributed by atoms with Crippen LogP contribution in [-0.2, 0) is 11.3 Å². The summed E-state index contributed by atoms with van der Waals surface area (Å²) in [6, 6.07) is 6.25. The maximum atomic E-state index is 5.79. The summed E-state index contributed by atoms with van der Waals surface area (Å²) < 4.78 is 11.8. The standard InChI is InChI=1S/C16H26BrNO2/c1-3-4-5-6-10-20-16-8-7-14(12-15(16)17)13-18-9-11-19-2/h7-8,12,18H,3-6,9-11,13H2,1-2H3. The Kier molecular flexibility index (Phi) is 9.71. The number of unbranched alkanes of at least 4 members (excludes halogenated alkanes) is 3. The van der Waals surface area contributed by atoms with Gasteiger partial charge in [-0.05, 0) is 40.0 Å². The Balaban J connectivity index is 2.31. The molecular formula is C16H26BrNO2. The number of hydrogen-bond donors (Lipinski definition) is 1. The van der Waals surface area contributed by atoms with Gasteiger partial charge in [0, 0.05) is 20.2 Å². The monoisotopic (exact) mass is 343 g/mol. The normalized spacial score (nSPS) is 10.8. The third-order valence-corrected chi connectivity index (χ3v) is 3.68. The summed E-state index contributed by atoms with van der Waals surface area (Å²) in [5, 5.41) is 3.33. The molecule has 1 aromatic rings. The van der Waals surface area contributed by atoms with E-state index >= 15 is 0 Å². The van der Waals surface area contributed by atoms with Crippen molar-refractivity contribution in [1.82, 2.24) is 5.32 Å². The molecule has 0 aliphatic heterocycles. The van der Waals surface area contributed by atoms with Gasteiger partial charge in [-0.15, -0.1) is 0 Å². The first-order valence-corrected chi connectivity index (χ1v) is 8.18. The van der Waals surface area contributed by atoms with Crippen molar-refractivity contribution in [1.29, 1.82) is 0 Å². The van der Waals surface area contributed by atoms with Crippen LogP contribution < -0.4 is 10.1 Å². The van der Waals surface area contributed by atoms with Gasteiger partial charge in [0.2, 0.25) is 0 Å². The zero-order valence-corrected chi connectivity index (χ0v) is 14.2. The van der Waals surface area contributed by atoms with E-state index in [1.54, 1.807) is 7.11 Å². The molecule has 0 aliphatic rings. The van der Waals surface area contributed by atoms with Crippen molar-refractivity contribution in [2.45, 2.75) is 39.2 Å². The predicted octanol–water partition coefficient (Wildman–Crippen LogP) is 4.14. The van der Waals surface area contributed by atoms with E-state index < -0.39 is 0 Å². The molecule has 0 bridgehead atoms. The van der Waals surface area contributed by atoms with Crippen molar-refractivity contribution in [3.63, 3.8) is 0 Å². The second-order valence-electron chi connectivity index (χ2n) is 4.84. The lowest BCUT2D eigenvalue weighted by atomic mass is 10.2. The first kappa shape index (κ1) is 17.5. The van der Waals surface area contributed by atoms with Gasteiger partial charge in [0.25, 0.3) is 0 Å². The largest absolute Gasteiger partial charge is 0.492 e. The van der Waals surface area contributed by atoms with Crippen molar-refractivity contribution in [2.75, 3.05) is 26.9 Å². The van der Waals surface area contributed by atoms with Crippen LogP contribution in [0.1, 0.15) is 38.2 Å². The van der Waals surface area contributed by atoms with Gasteiger partial charge in [-0.2, -0.15) is 0 Å². The molecule has 4 heteroatoms. The molecule has 1 aromatic carbocycles. The molecule has 0 saturated heterocycles. The molecule has 0 radical (unpaired) electrons. The molecule has 0 fully saturated rings. The topological polar surface area (TPSA) is 30.5 Å². The van der Waals surface area contributed by atoms with E-state index in [4.69, 9.17) is 9.47 Å². The van der Waals surface area contributed by atoms with Crippen LogP contribution in [0.2, 0.25) is 0 Å². The highest BCUT2D eigenvalue weighted by Crippen LogP contribution is 2.26. The van der Waals surface area contributed by atoms with Crippen molar-refractivity contribution >= 4 is 15.9 Å². The molecule has 0 saturated carbocycles. The summed E-state index contributed by atoms with van der Waals surface area (Å²) in [4.78, 5) is 0. The van der Waals surface area contributed by atoms with Crippen LogP contribution in [0.25, 0.3) is 0 Å². The van der Waals surface area contributed by atoms with E-state index in [1.807, 2.05) is 6.07 Å². The van der Waals surface area contributed by atoms with Gasteiger partial charge in [0.1, 0.15) is 5.75 Å². The molecule has 3 nitrogen and oxygen atoms in total. The van der Waals surface area contributed by atoms with Crippen molar-refractivity contribution in [3.05, 3.63) is 28.2 Å². The minimum Gasteiger partial charge on any atom is -0.492 e. The average molecular weight is 344 g/mol. The third-order valence-electron chi connectivity index (χ3n) is 3.06. The van der Waals surface area contributed by atoms with Gasteiger partial charge < -0.3 is 14.8 Å². The molecule has 1 N–H and O–H groups in total. The predicted molar refractivity (Wildman–Crippen MR) is 87.4 cm³/mol. The zero-order chi connectivity index (χ0) is 14.6. The maximum Gasteiger partial charge on any atom is 0.133 e. The molecule has 0 aliphatic carbocycles. The van der Waals surface area contributed by atoms with Crippen LogP contribution in [0.5, 0.6) is 5.75 Å². The van der Waals surface area contributed by atoms with Gasteiger partial charge in [-0.25, -0.2) is 0 Å². The molecule has 0 spiro atoms. The number of hydrogen-bond acceptors (Lipinski definition) is 3. The molecule has 1 rings (SSSR count). The lowest BCUT2D eigenvalue weighted by molar-refractivity contribution is 0.199. The van der Waals surface area contributed by atoms with Crippen LogP contribution in [0.3, 0.4) is 0 Å². The molecule has 0 atom stereocenters. The quantitative estimate of drug-likeness (QED) is 0.612. The maximum absolute atomic E-state index is 5.79. The Bertz CT molecular complexity index is 371. The zero-order valence-electron chi connectivity index (χ0n) is 12.6. The van der Waals surface area contributed by atoms with Gasteiger partial charge >= 0.3 is 0 Å². The Morgan fingerprint density at radius 1 is 1.15 bits per heavy atom. The molecule has 0 amide bonds. The number of methoxy groups -OCH3 is 1. The van der Waals surface area contributed by atoms with Crippen molar-refractivity contribution < 1.29 is 9.47 Å². The Morgan fingerprint density at radius 3 is 2.70 bits per heavy atom. The van der Waals surface area contributed by atoms with E-state index in [0.29, 0.717) is 0 Å². The van der Waals surface area contributed by atoms with Gasteiger partial charge in [-0.3, -0.25) is 0 Å². The summed E-state index contributed by atoms with van der Waals surface area (Å²) in [6.45, 7) is 5.46. The lowest BCUT2D eigenvalue weighted by Crippen LogP contribution is -2.18. The minimum absolute atomic E-state index is 0.736. The molecule has 0 aromatic heterocycles. The van der Waals surface area contributed by atoms with Crippen LogP contribution in [0, 0.1) is 0 Å². The van der Waals surface area contributed by atoms with E-state index in [2.05, 4.69) is 40.3 Å². The number of rotatable bonds is 11. The first-order chi connectivity index (χ1) is 9.77. The highest BCUT2D eigenvalue weighted by molar-refractivity contribution is 9.10. The van der Waals surface area contributed by atoms with Gasteiger partial charge in [0.15, 0.2) is 0 Å². The highest BCUT2D eigenvalue weighted by atomic mass is 79.9. The van der Waals surface area contributed by atoms with E-state index in [0.717, 1.165) is 42.9 Å². The van der Waals surface area contributed by atoms with E-state index in [1.165, 1.54) is 24.8 Å². The van der Waals surface area contributed by atoms with Crippen molar-refractivity contribution in [3.8, 4) is 5.75 Å². The second-order valence-corrected chi connectivity index (χ2v) is 5.70. The van der Waals surface area contributed by atoms with Crippen LogP contribution in [0.15, 0.2) is 22.7 Å². The number of nitrogens with one attached hydrogen (secondary N) is 1. The van der Waals surface area contributed by atoms with Crippen LogP contribution >= 0.6 is 15.9 Å². The summed E-state index contributed by atoms with van der Waals surface area (Å²) >= 11 is 3.58. The molecule has 0 unspecified atom stereocenters. The SMILES string of the molecule is CCCCCCOc1ccc(CNCCOC)cc1Br. The molecule has 0 heterocycles. The lowest BCUT2D eigenvalue weighted by Gasteiger charge is -2.10. The first-order valence-electron chi connectivity index (χ1n) is 7.38. The summed E-state index contributed by atoms with van der Waals surface area (Å²) in [7, 11) is 1.71. The van der Waals surface area contributed by atoms with Crippen molar-refractivity contribution in [2.24, 2.45) is 0 Å². The average Bonchev–Trinajstić information content (AvgIpc) is 2.45. The van der Waals surface area contributed by atoms with Crippen LogP contribution in [0.4, 0.5) is 0 Å². The molecule has 114 valence electrons. The Labute approximate surface area is 131 Å². The Morgan fingerprint density at radius 2 is 2.00 bits per heavy atom. The van der Waals surface area contributed by atoms with E-state index in [9.17, 15) is 0 Å². The number of benzene rings is 1. The Hall–Kier alpha value is -0.580. The van der Waals surface area contributed by atoms with Gasteiger partial charge in [0.05, 0.1) is 17.7 Å².